The second-order valence-electron chi connectivity index (χ2n) is 6.53. The van der Waals surface area contributed by atoms with Crippen molar-refractivity contribution in [3.05, 3.63) is 64.5 Å². The summed E-state index contributed by atoms with van der Waals surface area (Å²) in [6, 6.07) is 14.7. The largest absolute Gasteiger partial charge is 0.318 e. The fraction of sp³-hybridized carbons (Fsp3) is 0.200. The third-order valence-corrected chi connectivity index (χ3v) is 5.79. The van der Waals surface area contributed by atoms with Crippen LogP contribution < -0.4 is 10.2 Å². The van der Waals surface area contributed by atoms with E-state index in [2.05, 4.69) is 10.5 Å². The summed E-state index contributed by atoms with van der Waals surface area (Å²) in [4.78, 5) is 37.7. The Balaban J connectivity index is 1.47. The van der Waals surface area contributed by atoms with Crippen molar-refractivity contribution in [3.8, 4) is 0 Å². The fourth-order valence-corrected chi connectivity index (χ4v) is 4.07. The summed E-state index contributed by atoms with van der Waals surface area (Å²) in [5.41, 5.74) is 4.89. The van der Waals surface area contributed by atoms with Crippen LogP contribution in [0.2, 0.25) is 0 Å². The van der Waals surface area contributed by atoms with Gasteiger partial charge in [-0.2, -0.15) is 0 Å². The van der Waals surface area contributed by atoms with E-state index >= 15 is 0 Å². The van der Waals surface area contributed by atoms with Gasteiger partial charge in [-0.05, 0) is 29.8 Å². The Morgan fingerprint density at radius 1 is 1.07 bits per heavy atom. The quantitative estimate of drug-likeness (QED) is 0.544. The van der Waals surface area contributed by atoms with Gasteiger partial charge in [0.05, 0.1) is 16.8 Å². The summed E-state index contributed by atoms with van der Waals surface area (Å²) in [6.07, 6.45) is 0.548. The fourth-order valence-electron chi connectivity index (χ4n) is 3.09. The number of hydrogen-bond donors (Lipinski definition) is 1. The van der Waals surface area contributed by atoms with E-state index in [0.29, 0.717) is 10.4 Å². The zero-order valence-electron chi connectivity index (χ0n) is 15.2. The number of benzene rings is 2. The molecule has 1 N–H and O–H groups in total. The molecule has 2 heterocycles. The number of thiazole rings is 1. The molecule has 142 valence electrons. The summed E-state index contributed by atoms with van der Waals surface area (Å²) in [7, 11) is 1.90. The average molecular weight is 394 g/mol. The highest BCUT2D eigenvalue weighted by atomic mass is 32.1. The Bertz CT molecular complexity index is 1130. The Hall–Kier alpha value is -3.26. The Morgan fingerprint density at radius 2 is 1.75 bits per heavy atom. The molecule has 1 saturated heterocycles. The number of hydrogen-bond acceptors (Lipinski definition) is 5. The first-order valence-corrected chi connectivity index (χ1v) is 9.65. The van der Waals surface area contributed by atoms with Crippen LogP contribution in [-0.2, 0) is 23.2 Å². The molecular weight excluding hydrogens is 376 g/mol. The maximum Gasteiger partial charge on any atom is 0.271 e. The Labute approximate surface area is 164 Å². The van der Waals surface area contributed by atoms with E-state index in [9.17, 15) is 14.4 Å². The molecule has 7 nitrogen and oxygen atoms in total. The van der Waals surface area contributed by atoms with E-state index in [4.69, 9.17) is 0 Å². The number of likely N-dealkylation sites (tertiary alicyclic amines) is 1. The van der Waals surface area contributed by atoms with E-state index in [1.807, 2.05) is 35.9 Å². The number of amides is 3. The lowest BCUT2D eigenvalue weighted by Crippen LogP contribution is -2.28. The molecule has 2 aromatic carbocycles. The van der Waals surface area contributed by atoms with Crippen LogP contribution in [0.4, 0.5) is 0 Å². The van der Waals surface area contributed by atoms with Crippen molar-refractivity contribution in [2.24, 2.45) is 12.1 Å². The summed E-state index contributed by atoms with van der Waals surface area (Å²) in [5.74, 6) is -0.624. The molecule has 1 aliphatic heterocycles. The molecule has 1 aromatic heterocycles. The van der Waals surface area contributed by atoms with Crippen molar-refractivity contribution in [2.75, 3.05) is 0 Å². The lowest BCUT2D eigenvalue weighted by Gasteiger charge is -2.13. The summed E-state index contributed by atoms with van der Waals surface area (Å²) < 4.78 is 3.02. The van der Waals surface area contributed by atoms with E-state index in [-0.39, 0.29) is 37.1 Å². The van der Waals surface area contributed by atoms with Crippen molar-refractivity contribution in [3.63, 3.8) is 0 Å². The summed E-state index contributed by atoms with van der Waals surface area (Å²) >= 11 is 1.49. The smallest absolute Gasteiger partial charge is 0.271 e. The molecule has 4 rings (SSSR count). The van der Waals surface area contributed by atoms with Crippen LogP contribution in [0.3, 0.4) is 0 Å². The number of imide groups is 1. The van der Waals surface area contributed by atoms with E-state index in [0.717, 1.165) is 15.8 Å². The lowest BCUT2D eigenvalue weighted by molar-refractivity contribution is -0.139. The molecule has 1 fully saturated rings. The lowest BCUT2D eigenvalue weighted by atomic mass is 10.1. The van der Waals surface area contributed by atoms with Crippen molar-refractivity contribution in [1.82, 2.24) is 14.9 Å². The number of carbonyl (C=O) groups is 3. The number of fused-ring (bicyclic) bond motifs is 1. The highest BCUT2D eigenvalue weighted by molar-refractivity contribution is 7.16. The molecular formula is C20H18N4O3S. The van der Waals surface area contributed by atoms with Gasteiger partial charge < -0.3 is 4.57 Å². The Morgan fingerprint density at radius 3 is 2.43 bits per heavy atom. The van der Waals surface area contributed by atoms with Crippen LogP contribution in [0.5, 0.6) is 0 Å². The maximum atomic E-state index is 12.4. The predicted octanol–water partition coefficient (Wildman–Crippen LogP) is 2.13. The van der Waals surface area contributed by atoms with Gasteiger partial charge in [0.25, 0.3) is 5.91 Å². The Kier molecular flexibility index (Phi) is 4.79. The van der Waals surface area contributed by atoms with Gasteiger partial charge in [-0.3, -0.25) is 19.3 Å². The molecule has 0 spiro atoms. The average Bonchev–Trinajstić information content (AvgIpc) is 3.20. The van der Waals surface area contributed by atoms with Crippen molar-refractivity contribution < 1.29 is 14.4 Å². The van der Waals surface area contributed by atoms with Gasteiger partial charge in [0.15, 0.2) is 0 Å². The minimum absolute atomic E-state index is 0.151. The molecule has 0 aliphatic carbocycles. The van der Waals surface area contributed by atoms with Crippen molar-refractivity contribution in [1.29, 1.82) is 0 Å². The zero-order chi connectivity index (χ0) is 19.7. The minimum atomic E-state index is -0.322. The van der Waals surface area contributed by atoms with E-state index in [1.54, 1.807) is 24.3 Å². The van der Waals surface area contributed by atoms with Crippen molar-refractivity contribution in [2.45, 2.75) is 19.4 Å². The van der Waals surface area contributed by atoms with Gasteiger partial charge >= 0.3 is 0 Å². The molecule has 3 aromatic rings. The first kappa shape index (κ1) is 18.1. The predicted molar refractivity (Wildman–Crippen MR) is 105 cm³/mol. The first-order chi connectivity index (χ1) is 13.5. The van der Waals surface area contributed by atoms with Gasteiger partial charge in [-0.1, -0.05) is 35.6 Å². The number of nitrogens with zero attached hydrogens (tertiary/aromatic N) is 3. The molecule has 0 bridgehead atoms. The number of para-hydroxylation sites is 1. The molecule has 0 unspecified atom stereocenters. The molecule has 0 saturated carbocycles. The highest BCUT2D eigenvalue weighted by Crippen LogP contribution is 2.17. The van der Waals surface area contributed by atoms with Gasteiger partial charge in [0, 0.05) is 25.5 Å². The first-order valence-electron chi connectivity index (χ1n) is 8.84. The summed E-state index contributed by atoms with van der Waals surface area (Å²) in [6.45, 7) is 0.238. The third-order valence-electron chi connectivity index (χ3n) is 4.68. The highest BCUT2D eigenvalue weighted by Gasteiger charge is 2.28. The summed E-state index contributed by atoms with van der Waals surface area (Å²) in [5, 5.41) is 4.23. The zero-order valence-corrected chi connectivity index (χ0v) is 16.0. The number of aromatic nitrogens is 1. The standard InChI is InChI=1S/C20H18N4O3S/c1-23-15-4-2-3-5-16(15)28-20(23)22-21-19(27)14-8-6-13(7-9-14)12-24-17(25)10-11-18(24)26/h2-9H,10-12H2,1H3,(H,21,27)/b22-20+. The molecule has 1 aliphatic rings. The number of aryl methyl sites for hydroxylation is 1. The SMILES string of the molecule is Cn1/c(=N\NC(=O)c2ccc(CN3C(=O)CCC3=O)cc2)sc2ccccc21. The molecule has 0 radical (unpaired) electrons. The van der Waals surface area contributed by atoms with Crippen LogP contribution in [0, 0.1) is 0 Å². The number of carbonyl (C=O) groups excluding carboxylic acids is 3. The third kappa shape index (κ3) is 3.46. The van der Waals surface area contributed by atoms with Gasteiger partial charge in [0.1, 0.15) is 0 Å². The topological polar surface area (TPSA) is 83.8 Å². The molecule has 8 heteroatoms. The molecule has 0 atom stereocenters. The number of rotatable bonds is 4. The van der Waals surface area contributed by atoms with Crippen LogP contribution in [-0.4, -0.2) is 27.2 Å². The van der Waals surface area contributed by atoms with Crippen molar-refractivity contribution >= 4 is 39.3 Å². The normalized spacial score (nSPS) is 14.9. The van der Waals surface area contributed by atoms with Crippen LogP contribution in [0.1, 0.15) is 28.8 Å². The second-order valence-corrected chi connectivity index (χ2v) is 7.54. The monoisotopic (exact) mass is 394 g/mol. The van der Waals surface area contributed by atoms with Gasteiger partial charge in [-0.25, -0.2) is 5.43 Å². The van der Waals surface area contributed by atoms with Crippen LogP contribution in [0.25, 0.3) is 10.2 Å². The number of nitrogens with one attached hydrogen (secondary N) is 1. The van der Waals surface area contributed by atoms with E-state index in [1.165, 1.54) is 16.2 Å². The second kappa shape index (κ2) is 7.40. The van der Waals surface area contributed by atoms with E-state index < -0.39 is 0 Å². The van der Waals surface area contributed by atoms with Gasteiger partial charge in [0.2, 0.25) is 16.6 Å². The van der Waals surface area contributed by atoms with Crippen LogP contribution >= 0.6 is 11.3 Å². The maximum absolute atomic E-state index is 12.4. The minimum Gasteiger partial charge on any atom is -0.318 e. The molecule has 28 heavy (non-hydrogen) atoms. The van der Waals surface area contributed by atoms with Gasteiger partial charge in [-0.15, -0.1) is 5.10 Å². The molecule has 3 amide bonds. The van der Waals surface area contributed by atoms with Crippen LogP contribution in [0.15, 0.2) is 53.6 Å².